The summed E-state index contributed by atoms with van der Waals surface area (Å²) >= 11 is 24.4. The minimum absolute atomic E-state index is 0.436. The lowest BCUT2D eigenvalue weighted by atomic mass is 9.97. The fourth-order valence-corrected chi connectivity index (χ4v) is 4.18. The van der Waals surface area contributed by atoms with Crippen molar-refractivity contribution in [2.24, 2.45) is 0 Å². The van der Waals surface area contributed by atoms with E-state index < -0.39 is 0 Å². The topological polar surface area (TPSA) is 9.23 Å². The van der Waals surface area contributed by atoms with E-state index in [1.54, 1.807) is 0 Å². The summed E-state index contributed by atoms with van der Waals surface area (Å²) in [4.78, 5) is 0. The zero-order valence-electron chi connectivity index (χ0n) is 18.7. The average molecular weight is 540 g/mol. The van der Waals surface area contributed by atoms with E-state index in [4.69, 9.17) is 51.1 Å². The van der Waals surface area contributed by atoms with Crippen LogP contribution in [0.5, 0.6) is 0 Å². The van der Waals surface area contributed by atoms with Crippen LogP contribution in [0, 0.1) is 0 Å². The van der Waals surface area contributed by atoms with Crippen molar-refractivity contribution >= 4 is 57.5 Å². The highest BCUT2D eigenvalue weighted by atomic mass is 35.5. The van der Waals surface area contributed by atoms with Crippen molar-refractivity contribution in [1.29, 1.82) is 0 Å². The average Bonchev–Trinajstić information content (AvgIpc) is 2.87. The minimum atomic E-state index is 0.436. The molecule has 0 saturated carbocycles. The van der Waals surface area contributed by atoms with Crippen molar-refractivity contribution in [3.8, 4) is 0 Å². The first-order valence-corrected chi connectivity index (χ1v) is 12.5. The van der Waals surface area contributed by atoms with Crippen molar-refractivity contribution < 1.29 is 4.74 Å². The van der Waals surface area contributed by atoms with Gasteiger partial charge in [-0.25, -0.2) is 0 Å². The highest BCUT2D eigenvalue weighted by molar-refractivity contribution is 6.31. The van der Waals surface area contributed by atoms with Gasteiger partial charge in [-0.15, -0.1) is 0 Å². The second-order valence-electron chi connectivity index (χ2n) is 7.80. The van der Waals surface area contributed by atoms with E-state index in [-0.39, 0.29) is 0 Å². The monoisotopic (exact) mass is 538 g/mol. The summed E-state index contributed by atoms with van der Waals surface area (Å²) in [6.45, 7) is 0.872. The number of hydrogen-bond acceptors (Lipinski definition) is 1. The number of rotatable bonds is 8. The zero-order chi connectivity index (χ0) is 24.6. The molecule has 0 atom stereocenters. The summed E-state index contributed by atoms with van der Waals surface area (Å²) < 4.78 is 6.02. The maximum absolute atomic E-state index is 6.09. The number of halogens is 4. The molecule has 0 aliphatic rings. The lowest BCUT2D eigenvalue weighted by Gasteiger charge is -2.11. The van der Waals surface area contributed by atoms with E-state index in [2.05, 4.69) is 12.2 Å². The van der Waals surface area contributed by atoms with E-state index in [1.807, 2.05) is 97.1 Å². The van der Waals surface area contributed by atoms with E-state index in [0.717, 1.165) is 33.4 Å². The van der Waals surface area contributed by atoms with E-state index in [9.17, 15) is 0 Å². The molecular weight excluding hydrogens is 518 g/mol. The van der Waals surface area contributed by atoms with Gasteiger partial charge in [-0.05, 0) is 81.9 Å². The summed E-state index contributed by atoms with van der Waals surface area (Å²) in [5.74, 6) is 0. The first-order valence-electron chi connectivity index (χ1n) is 11.0. The van der Waals surface area contributed by atoms with Crippen LogP contribution >= 0.6 is 46.4 Å². The Morgan fingerprint density at radius 2 is 0.657 bits per heavy atom. The van der Waals surface area contributed by atoms with Crippen molar-refractivity contribution in [2.75, 3.05) is 13.2 Å². The Hall–Kier alpha value is -2.52. The fourth-order valence-electron chi connectivity index (χ4n) is 3.68. The smallest absolute Gasteiger partial charge is 0.0660 e. The minimum Gasteiger partial charge on any atom is -0.373 e. The van der Waals surface area contributed by atoms with E-state index >= 15 is 0 Å². The molecule has 0 aromatic heterocycles. The van der Waals surface area contributed by atoms with Gasteiger partial charge in [0.1, 0.15) is 0 Å². The normalized spacial score (nSPS) is 10.6. The summed E-state index contributed by atoms with van der Waals surface area (Å²) in [5.41, 5.74) is 6.33. The third kappa shape index (κ3) is 7.24. The molecule has 0 unspecified atom stereocenters. The SMILES string of the molecule is Clc1ccc(C(=CCOCC=C(c2ccc(Cl)cc2)c2ccc(Cl)cc2)c2ccc(Cl)cc2)cc1. The van der Waals surface area contributed by atoms with Crippen molar-refractivity contribution in [3.05, 3.63) is 152 Å². The molecule has 4 aromatic rings. The van der Waals surface area contributed by atoms with Crippen LogP contribution in [0.4, 0.5) is 0 Å². The molecule has 0 fully saturated rings. The van der Waals surface area contributed by atoms with Gasteiger partial charge in [0.15, 0.2) is 0 Å². The second-order valence-corrected chi connectivity index (χ2v) is 9.55. The second kappa shape index (κ2) is 12.4. The Labute approximate surface area is 226 Å². The summed E-state index contributed by atoms with van der Waals surface area (Å²) in [6.07, 6.45) is 4.15. The number of benzene rings is 4. The van der Waals surface area contributed by atoms with Crippen molar-refractivity contribution in [3.63, 3.8) is 0 Å². The van der Waals surface area contributed by atoms with Gasteiger partial charge in [0.2, 0.25) is 0 Å². The van der Waals surface area contributed by atoms with E-state index in [1.165, 1.54) is 0 Å². The first-order chi connectivity index (χ1) is 17.0. The Bertz CT molecular complexity index is 1110. The molecule has 0 amide bonds. The van der Waals surface area contributed by atoms with Crippen LogP contribution in [0.25, 0.3) is 11.1 Å². The third-order valence-electron chi connectivity index (χ3n) is 5.43. The molecule has 0 N–H and O–H groups in total. The Balaban J connectivity index is 1.54. The molecule has 35 heavy (non-hydrogen) atoms. The van der Waals surface area contributed by atoms with Gasteiger partial charge in [-0.3, -0.25) is 0 Å². The Morgan fingerprint density at radius 1 is 0.429 bits per heavy atom. The van der Waals surface area contributed by atoms with Crippen LogP contribution in [0.2, 0.25) is 20.1 Å². The van der Waals surface area contributed by atoms with Gasteiger partial charge in [0.05, 0.1) is 13.2 Å². The summed E-state index contributed by atoms with van der Waals surface area (Å²) in [6, 6.07) is 31.1. The predicted molar refractivity (Wildman–Crippen MR) is 151 cm³/mol. The Morgan fingerprint density at radius 3 is 0.886 bits per heavy atom. The zero-order valence-corrected chi connectivity index (χ0v) is 21.8. The summed E-state index contributed by atoms with van der Waals surface area (Å²) in [5, 5.41) is 2.79. The van der Waals surface area contributed by atoms with Gasteiger partial charge in [-0.2, -0.15) is 0 Å². The molecular formula is C30H22Cl4O. The van der Waals surface area contributed by atoms with Crippen LogP contribution in [-0.2, 0) is 4.74 Å². The molecule has 0 heterocycles. The van der Waals surface area contributed by atoms with Crippen LogP contribution in [0.15, 0.2) is 109 Å². The van der Waals surface area contributed by atoms with Gasteiger partial charge in [0, 0.05) is 20.1 Å². The van der Waals surface area contributed by atoms with Gasteiger partial charge < -0.3 is 4.74 Å². The molecule has 176 valence electrons. The molecule has 1 nitrogen and oxygen atoms in total. The maximum atomic E-state index is 6.09. The number of hydrogen-bond donors (Lipinski definition) is 0. The molecule has 0 aliphatic carbocycles. The van der Waals surface area contributed by atoms with Crippen LogP contribution in [-0.4, -0.2) is 13.2 Å². The molecule has 0 saturated heterocycles. The molecule has 0 bridgehead atoms. The standard InChI is InChI=1S/C30H22Cl4O/c31-25-9-1-21(2-10-25)29(22-3-11-26(32)12-4-22)17-19-35-20-18-30(23-5-13-27(33)14-6-23)24-7-15-28(34)16-8-24/h1-18H,19-20H2. The van der Waals surface area contributed by atoms with Crippen molar-refractivity contribution in [2.45, 2.75) is 0 Å². The molecule has 0 radical (unpaired) electrons. The fraction of sp³-hybridized carbons (Fsp3) is 0.0667. The van der Waals surface area contributed by atoms with E-state index in [0.29, 0.717) is 33.3 Å². The maximum Gasteiger partial charge on any atom is 0.0660 e. The van der Waals surface area contributed by atoms with Gasteiger partial charge in [0.25, 0.3) is 0 Å². The first kappa shape index (κ1) is 25.6. The largest absolute Gasteiger partial charge is 0.373 e. The lowest BCUT2D eigenvalue weighted by molar-refractivity contribution is 0.194. The molecule has 0 spiro atoms. The van der Waals surface area contributed by atoms with Crippen LogP contribution in [0.3, 0.4) is 0 Å². The highest BCUT2D eigenvalue weighted by Gasteiger charge is 2.07. The number of ether oxygens (including phenoxy) is 1. The van der Waals surface area contributed by atoms with Crippen molar-refractivity contribution in [1.82, 2.24) is 0 Å². The molecule has 0 aliphatic heterocycles. The quantitative estimate of drug-likeness (QED) is 0.202. The van der Waals surface area contributed by atoms with Crippen LogP contribution in [0.1, 0.15) is 22.3 Å². The van der Waals surface area contributed by atoms with Gasteiger partial charge in [-0.1, -0.05) is 107 Å². The third-order valence-corrected chi connectivity index (χ3v) is 6.44. The molecule has 4 rings (SSSR count). The Kier molecular flexibility index (Phi) is 9.09. The summed E-state index contributed by atoms with van der Waals surface area (Å²) in [7, 11) is 0. The predicted octanol–water partition coefficient (Wildman–Crippen LogP) is 9.88. The lowest BCUT2D eigenvalue weighted by Crippen LogP contribution is -1.97. The highest BCUT2D eigenvalue weighted by Crippen LogP contribution is 2.27. The molecule has 5 heteroatoms. The molecule has 4 aromatic carbocycles. The van der Waals surface area contributed by atoms with Crippen LogP contribution < -0.4 is 0 Å². The van der Waals surface area contributed by atoms with Gasteiger partial charge >= 0.3 is 0 Å².